The second-order valence-electron chi connectivity index (χ2n) is 9.68. The van der Waals surface area contributed by atoms with Crippen molar-refractivity contribution in [3.05, 3.63) is 106 Å². The van der Waals surface area contributed by atoms with Gasteiger partial charge in [-0.25, -0.2) is 4.79 Å². The summed E-state index contributed by atoms with van der Waals surface area (Å²) in [5.41, 5.74) is -1.05. The SMILES string of the molecule is O=C(O)C(O)(c1ccccc1)c1cccc(OCCCCCCNCC(O)c2ccc(O)c3[nH]c(=O)ccc23)c1. The predicted octanol–water partition coefficient (Wildman–Crippen LogP) is 3.82. The number of benzene rings is 3. The van der Waals surface area contributed by atoms with E-state index in [0.717, 1.165) is 32.2 Å². The number of aliphatic hydroxyl groups is 2. The highest BCUT2D eigenvalue weighted by atomic mass is 16.5. The van der Waals surface area contributed by atoms with Gasteiger partial charge in [0.15, 0.2) is 0 Å². The molecule has 9 nitrogen and oxygen atoms in total. The number of carboxylic acid groups (broad SMARTS) is 1. The summed E-state index contributed by atoms with van der Waals surface area (Å²) in [5.74, 6) is -0.901. The van der Waals surface area contributed by atoms with Crippen LogP contribution in [0.4, 0.5) is 0 Å². The number of pyridine rings is 1. The lowest BCUT2D eigenvalue weighted by Crippen LogP contribution is -2.36. The highest BCUT2D eigenvalue weighted by molar-refractivity contribution is 5.87. The number of unbranched alkanes of at least 4 members (excludes halogenated alkanes) is 3. The lowest BCUT2D eigenvalue weighted by molar-refractivity contribution is -0.155. The van der Waals surface area contributed by atoms with Gasteiger partial charge >= 0.3 is 5.97 Å². The number of hydrogen-bond acceptors (Lipinski definition) is 7. The number of aromatic hydroxyl groups is 1. The summed E-state index contributed by atoms with van der Waals surface area (Å²) in [6.45, 7) is 1.52. The van der Waals surface area contributed by atoms with Gasteiger partial charge in [0, 0.05) is 23.6 Å². The molecule has 210 valence electrons. The van der Waals surface area contributed by atoms with Gasteiger partial charge in [0.2, 0.25) is 11.2 Å². The number of nitrogens with one attached hydrogen (secondary N) is 2. The fourth-order valence-corrected chi connectivity index (χ4v) is 4.70. The van der Waals surface area contributed by atoms with Crippen molar-refractivity contribution in [2.45, 2.75) is 37.4 Å². The fourth-order valence-electron chi connectivity index (χ4n) is 4.70. The molecule has 0 fully saturated rings. The molecule has 0 saturated heterocycles. The summed E-state index contributed by atoms with van der Waals surface area (Å²) in [7, 11) is 0. The topological polar surface area (TPSA) is 152 Å². The Balaban J connectivity index is 1.18. The number of phenolic OH excluding ortho intramolecular Hbond substituents is 1. The zero-order valence-electron chi connectivity index (χ0n) is 22.0. The van der Waals surface area contributed by atoms with Crippen LogP contribution >= 0.6 is 0 Å². The van der Waals surface area contributed by atoms with Gasteiger partial charge in [-0.05, 0) is 54.8 Å². The molecule has 40 heavy (non-hydrogen) atoms. The van der Waals surface area contributed by atoms with Crippen LogP contribution < -0.4 is 15.6 Å². The van der Waals surface area contributed by atoms with Crippen molar-refractivity contribution in [1.29, 1.82) is 0 Å². The first-order valence-electron chi connectivity index (χ1n) is 13.3. The maximum absolute atomic E-state index is 12.0. The largest absolute Gasteiger partial charge is 0.506 e. The molecule has 2 atom stereocenters. The van der Waals surface area contributed by atoms with Crippen molar-refractivity contribution in [2.75, 3.05) is 19.7 Å². The number of aliphatic hydroxyl groups excluding tert-OH is 1. The molecule has 0 aliphatic heterocycles. The summed E-state index contributed by atoms with van der Waals surface area (Å²) < 4.78 is 5.82. The van der Waals surface area contributed by atoms with Crippen LogP contribution in [0.5, 0.6) is 11.5 Å². The minimum atomic E-state index is -2.17. The van der Waals surface area contributed by atoms with Crippen LogP contribution in [-0.4, -0.2) is 51.1 Å². The number of aliphatic carboxylic acids is 1. The predicted molar refractivity (Wildman–Crippen MR) is 152 cm³/mol. The van der Waals surface area contributed by atoms with Crippen LogP contribution in [0.25, 0.3) is 10.9 Å². The van der Waals surface area contributed by atoms with Gasteiger partial charge in [-0.3, -0.25) is 4.79 Å². The molecular weight excluding hydrogens is 512 g/mol. The number of hydrogen-bond donors (Lipinski definition) is 6. The second kappa shape index (κ2) is 13.3. The second-order valence-corrected chi connectivity index (χ2v) is 9.68. The number of H-pyrrole nitrogens is 1. The smallest absolute Gasteiger partial charge is 0.345 e. The van der Waals surface area contributed by atoms with Gasteiger partial charge in [-0.1, -0.05) is 61.4 Å². The van der Waals surface area contributed by atoms with Crippen molar-refractivity contribution in [2.24, 2.45) is 0 Å². The zero-order chi connectivity index (χ0) is 28.5. The molecule has 0 aliphatic rings. The highest BCUT2D eigenvalue weighted by Crippen LogP contribution is 2.32. The number of rotatable bonds is 14. The number of carbonyl (C=O) groups is 1. The Kier molecular flexibility index (Phi) is 9.55. The first-order chi connectivity index (χ1) is 19.3. The molecule has 0 spiro atoms. The van der Waals surface area contributed by atoms with Crippen molar-refractivity contribution in [3.63, 3.8) is 0 Å². The highest BCUT2D eigenvalue weighted by Gasteiger charge is 2.40. The van der Waals surface area contributed by atoms with E-state index in [1.165, 1.54) is 12.1 Å². The van der Waals surface area contributed by atoms with Crippen LogP contribution in [0.3, 0.4) is 0 Å². The van der Waals surface area contributed by atoms with Gasteiger partial charge in [0.1, 0.15) is 11.5 Å². The Bertz CT molecular complexity index is 1490. The molecule has 4 aromatic rings. The van der Waals surface area contributed by atoms with E-state index in [1.54, 1.807) is 66.7 Å². The van der Waals surface area contributed by atoms with E-state index in [-0.39, 0.29) is 22.4 Å². The normalized spacial score (nSPS) is 13.6. The average Bonchev–Trinajstić information content (AvgIpc) is 2.96. The minimum Gasteiger partial charge on any atom is -0.506 e. The number of carboxylic acids is 1. The lowest BCUT2D eigenvalue weighted by Gasteiger charge is -2.25. The van der Waals surface area contributed by atoms with Crippen LogP contribution in [0.2, 0.25) is 0 Å². The molecule has 1 heterocycles. The average molecular weight is 547 g/mol. The number of phenols is 1. The van der Waals surface area contributed by atoms with Crippen molar-refractivity contribution >= 4 is 16.9 Å². The summed E-state index contributed by atoms with van der Waals surface area (Å²) in [6.07, 6.45) is 2.82. The standard InChI is InChI=1S/C31H34N2O7/c34-26-15-13-24(25-14-16-28(36)33-29(25)26)27(35)20-32-17-6-1-2-7-18-40-23-12-8-11-22(19-23)31(39,30(37)38)21-9-4-3-5-10-21/h3-5,8-16,19,27,32,34-35,39H,1-2,6-7,17-18,20H2,(H,33,36)(H,37,38). The van der Waals surface area contributed by atoms with Crippen molar-refractivity contribution < 1.29 is 30.0 Å². The molecule has 6 N–H and O–H groups in total. The Morgan fingerprint density at radius 1 is 0.925 bits per heavy atom. The van der Waals surface area contributed by atoms with E-state index in [9.17, 15) is 30.0 Å². The summed E-state index contributed by atoms with van der Waals surface area (Å²) in [4.78, 5) is 26.2. The molecule has 0 radical (unpaired) electrons. The van der Waals surface area contributed by atoms with Crippen LogP contribution in [-0.2, 0) is 10.4 Å². The quantitative estimate of drug-likeness (QED) is 0.131. The lowest BCUT2D eigenvalue weighted by atomic mass is 9.86. The molecule has 3 aromatic carbocycles. The van der Waals surface area contributed by atoms with Gasteiger partial charge in [-0.2, -0.15) is 0 Å². The van der Waals surface area contributed by atoms with Crippen molar-refractivity contribution in [1.82, 2.24) is 10.3 Å². The molecule has 0 amide bonds. The molecule has 9 heteroatoms. The minimum absolute atomic E-state index is 0.0396. The van der Waals surface area contributed by atoms with Crippen LogP contribution in [0.15, 0.2) is 83.7 Å². The Morgan fingerprint density at radius 2 is 1.68 bits per heavy atom. The molecule has 0 saturated carbocycles. The third kappa shape index (κ3) is 6.69. The Hall–Kier alpha value is -4.18. The number of aromatic amines is 1. The maximum Gasteiger partial charge on any atom is 0.345 e. The van der Waals surface area contributed by atoms with Gasteiger partial charge < -0.3 is 35.5 Å². The van der Waals surface area contributed by atoms with Gasteiger partial charge in [0.05, 0.1) is 18.2 Å². The summed E-state index contributed by atoms with van der Waals surface area (Å²) in [5, 5.41) is 45.3. The molecule has 2 unspecified atom stereocenters. The van der Waals surface area contributed by atoms with Gasteiger partial charge in [-0.15, -0.1) is 0 Å². The van der Waals surface area contributed by atoms with E-state index in [2.05, 4.69) is 10.3 Å². The third-order valence-corrected chi connectivity index (χ3v) is 6.87. The Morgan fingerprint density at radius 3 is 2.45 bits per heavy atom. The fraction of sp³-hybridized carbons (Fsp3) is 0.290. The van der Waals surface area contributed by atoms with Crippen LogP contribution in [0.1, 0.15) is 48.5 Å². The van der Waals surface area contributed by atoms with E-state index in [4.69, 9.17) is 4.74 Å². The number of fused-ring (bicyclic) bond motifs is 1. The van der Waals surface area contributed by atoms with E-state index < -0.39 is 17.7 Å². The molecular formula is C31H34N2O7. The molecule has 0 bridgehead atoms. The van der Waals surface area contributed by atoms with Crippen molar-refractivity contribution in [3.8, 4) is 11.5 Å². The first-order valence-corrected chi connectivity index (χ1v) is 13.3. The monoisotopic (exact) mass is 546 g/mol. The number of aromatic nitrogens is 1. The molecule has 4 rings (SSSR count). The van der Waals surface area contributed by atoms with E-state index in [0.29, 0.717) is 35.4 Å². The zero-order valence-corrected chi connectivity index (χ0v) is 22.0. The molecule has 0 aliphatic carbocycles. The summed E-state index contributed by atoms with van der Waals surface area (Å²) >= 11 is 0. The van der Waals surface area contributed by atoms with Gasteiger partial charge in [0.25, 0.3) is 0 Å². The maximum atomic E-state index is 12.0. The molecule has 1 aromatic heterocycles. The third-order valence-electron chi connectivity index (χ3n) is 6.87. The Labute approximate surface area is 231 Å². The summed E-state index contributed by atoms with van der Waals surface area (Å²) in [6, 6.07) is 20.9. The van der Waals surface area contributed by atoms with Crippen LogP contribution in [0, 0.1) is 0 Å². The van der Waals surface area contributed by atoms with E-state index >= 15 is 0 Å². The first kappa shape index (κ1) is 28.8. The number of ether oxygens (including phenoxy) is 1. The van der Waals surface area contributed by atoms with E-state index in [1.807, 2.05) is 0 Å².